The van der Waals surface area contributed by atoms with Gasteiger partial charge in [-0.15, -0.1) is 22.7 Å². The van der Waals surface area contributed by atoms with E-state index in [1.807, 2.05) is 22.9 Å². The molecule has 3 nitrogen and oxygen atoms in total. The molecule has 1 N–H and O–H groups in total. The first-order valence-corrected chi connectivity index (χ1v) is 8.49. The zero-order valence-corrected chi connectivity index (χ0v) is 13.6. The number of amides is 1. The van der Waals surface area contributed by atoms with E-state index in [0.29, 0.717) is 6.54 Å². The topological polar surface area (TPSA) is 42.0 Å². The van der Waals surface area contributed by atoms with Crippen LogP contribution in [0.5, 0.6) is 0 Å². The van der Waals surface area contributed by atoms with Crippen molar-refractivity contribution in [1.82, 2.24) is 10.3 Å². The maximum atomic E-state index is 13.0. The van der Waals surface area contributed by atoms with Crippen LogP contribution in [0.3, 0.4) is 0 Å². The van der Waals surface area contributed by atoms with E-state index >= 15 is 0 Å². The Bertz CT molecular complexity index is 802. The van der Waals surface area contributed by atoms with Gasteiger partial charge < -0.3 is 5.32 Å². The average molecular weight is 353 g/mol. The smallest absolute Gasteiger partial charge is 0.253 e. The first kappa shape index (κ1) is 15.1. The predicted octanol–water partition coefficient (Wildman–Crippen LogP) is 4.59. The Morgan fingerprint density at radius 3 is 2.91 bits per heavy atom. The normalized spacial score (nSPS) is 10.6. The van der Waals surface area contributed by atoms with Crippen molar-refractivity contribution in [3.63, 3.8) is 0 Å². The highest BCUT2D eigenvalue weighted by molar-refractivity contribution is 7.20. The molecule has 0 spiro atoms. The van der Waals surface area contributed by atoms with Gasteiger partial charge in [0.1, 0.15) is 10.8 Å². The van der Waals surface area contributed by atoms with Gasteiger partial charge in [0.05, 0.1) is 27.7 Å². The van der Waals surface area contributed by atoms with Crippen LogP contribution >= 0.6 is 34.3 Å². The minimum atomic E-state index is -0.471. The van der Waals surface area contributed by atoms with Crippen LogP contribution in [0.2, 0.25) is 5.02 Å². The fraction of sp³-hybridized carbons (Fsp3) is 0.0667. The van der Waals surface area contributed by atoms with E-state index in [4.69, 9.17) is 11.6 Å². The van der Waals surface area contributed by atoms with Gasteiger partial charge in [-0.25, -0.2) is 9.37 Å². The molecule has 0 fully saturated rings. The molecular weight excluding hydrogens is 343 g/mol. The van der Waals surface area contributed by atoms with Crippen LogP contribution in [-0.4, -0.2) is 10.9 Å². The van der Waals surface area contributed by atoms with Crippen molar-refractivity contribution in [1.29, 1.82) is 0 Å². The Kier molecular flexibility index (Phi) is 4.52. The molecule has 0 saturated heterocycles. The molecule has 0 aliphatic rings. The number of carbonyl (C=O) groups excluding carboxylic acids is 1. The van der Waals surface area contributed by atoms with E-state index in [9.17, 15) is 9.18 Å². The Morgan fingerprint density at radius 1 is 1.32 bits per heavy atom. The number of benzene rings is 1. The molecule has 0 aliphatic carbocycles. The largest absolute Gasteiger partial charge is 0.346 e. The summed E-state index contributed by atoms with van der Waals surface area (Å²) in [5, 5.41) is 7.66. The minimum Gasteiger partial charge on any atom is -0.346 e. The second-order valence-corrected chi connectivity index (χ2v) is 6.64. The Hall–Kier alpha value is -1.76. The molecule has 0 aliphatic heterocycles. The summed E-state index contributed by atoms with van der Waals surface area (Å²) in [4.78, 5) is 17.6. The zero-order chi connectivity index (χ0) is 15.5. The molecule has 0 atom stereocenters. The number of nitrogens with one attached hydrogen (secondary N) is 1. The van der Waals surface area contributed by atoms with E-state index in [1.54, 1.807) is 11.3 Å². The highest BCUT2D eigenvalue weighted by atomic mass is 35.5. The molecule has 22 heavy (non-hydrogen) atoms. The van der Waals surface area contributed by atoms with Gasteiger partial charge in [-0.05, 0) is 29.6 Å². The number of aromatic nitrogens is 1. The van der Waals surface area contributed by atoms with Crippen LogP contribution < -0.4 is 5.32 Å². The first-order chi connectivity index (χ1) is 10.6. The van der Waals surface area contributed by atoms with E-state index in [2.05, 4.69) is 10.3 Å². The fourth-order valence-corrected chi connectivity index (χ4v) is 3.73. The lowest BCUT2D eigenvalue weighted by molar-refractivity contribution is 0.0950. The molecule has 1 aromatic carbocycles. The van der Waals surface area contributed by atoms with Gasteiger partial charge >= 0.3 is 0 Å². The van der Waals surface area contributed by atoms with Crippen molar-refractivity contribution in [3.05, 3.63) is 63.2 Å². The highest BCUT2D eigenvalue weighted by Gasteiger charge is 2.12. The second kappa shape index (κ2) is 6.56. The van der Waals surface area contributed by atoms with Gasteiger partial charge in [0.15, 0.2) is 0 Å². The molecule has 7 heteroatoms. The zero-order valence-electron chi connectivity index (χ0n) is 11.2. The van der Waals surface area contributed by atoms with E-state index < -0.39 is 5.82 Å². The number of thiazole rings is 1. The van der Waals surface area contributed by atoms with Crippen molar-refractivity contribution in [2.45, 2.75) is 6.54 Å². The van der Waals surface area contributed by atoms with Crippen LogP contribution in [0.15, 0.2) is 41.1 Å². The predicted molar refractivity (Wildman–Crippen MR) is 88.0 cm³/mol. The summed E-state index contributed by atoms with van der Waals surface area (Å²) in [6.45, 7) is 0.300. The number of nitrogens with zero attached hydrogens (tertiary/aromatic N) is 1. The van der Waals surface area contributed by atoms with Crippen LogP contribution in [0, 0.1) is 5.82 Å². The number of hydrogen-bond acceptors (Lipinski definition) is 4. The quantitative estimate of drug-likeness (QED) is 0.746. The highest BCUT2D eigenvalue weighted by Crippen LogP contribution is 2.27. The van der Waals surface area contributed by atoms with Crippen LogP contribution in [-0.2, 0) is 6.54 Å². The summed E-state index contributed by atoms with van der Waals surface area (Å²) < 4.78 is 13.0. The molecule has 0 unspecified atom stereocenters. The third-order valence-corrected chi connectivity index (χ3v) is 5.13. The SMILES string of the molecule is O=C(NCc1csc(-c2cccs2)n1)c1ccc(F)cc1Cl. The van der Waals surface area contributed by atoms with Crippen molar-refractivity contribution in [2.75, 3.05) is 0 Å². The van der Waals surface area contributed by atoms with Crippen LogP contribution in [0.25, 0.3) is 9.88 Å². The number of hydrogen-bond donors (Lipinski definition) is 1. The molecule has 0 radical (unpaired) electrons. The molecule has 2 heterocycles. The Balaban J connectivity index is 1.66. The van der Waals surface area contributed by atoms with Crippen molar-refractivity contribution < 1.29 is 9.18 Å². The summed E-state index contributed by atoms with van der Waals surface area (Å²) in [6, 6.07) is 7.67. The monoisotopic (exact) mass is 352 g/mol. The molecular formula is C15H10ClFN2OS2. The Morgan fingerprint density at radius 2 is 2.18 bits per heavy atom. The van der Waals surface area contributed by atoms with Crippen molar-refractivity contribution in [2.24, 2.45) is 0 Å². The van der Waals surface area contributed by atoms with Gasteiger partial charge in [-0.1, -0.05) is 17.7 Å². The van der Waals surface area contributed by atoms with Gasteiger partial charge in [0, 0.05) is 5.38 Å². The summed E-state index contributed by atoms with van der Waals surface area (Å²) in [7, 11) is 0. The molecule has 2 aromatic heterocycles. The summed E-state index contributed by atoms with van der Waals surface area (Å²) in [5.74, 6) is -0.822. The number of carbonyl (C=O) groups is 1. The van der Waals surface area contributed by atoms with Gasteiger partial charge in [-0.3, -0.25) is 4.79 Å². The van der Waals surface area contributed by atoms with Gasteiger partial charge in [0.25, 0.3) is 5.91 Å². The third kappa shape index (κ3) is 3.35. The second-order valence-electron chi connectivity index (χ2n) is 4.43. The first-order valence-electron chi connectivity index (χ1n) is 6.35. The molecule has 1 amide bonds. The van der Waals surface area contributed by atoms with E-state index in [-0.39, 0.29) is 16.5 Å². The van der Waals surface area contributed by atoms with Crippen LogP contribution in [0.1, 0.15) is 16.1 Å². The van der Waals surface area contributed by atoms with E-state index in [0.717, 1.165) is 21.6 Å². The molecule has 0 bridgehead atoms. The van der Waals surface area contributed by atoms with Crippen molar-refractivity contribution >= 4 is 40.2 Å². The third-order valence-electron chi connectivity index (χ3n) is 2.89. The lowest BCUT2D eigenvalue weighted by Gasteiger charge is -2.05. The Labute approximate surface area is 139 Å². The number of thiophene rings is 1. The summed E-state index contributed by atoms with van der Waals surface area (Å²) >= 11 is 9.02. The lowest BCUT2D eigenvalue weighted by atomic mass is 10.2. The summed E-state index contributed by atoms with van der Waals surface area (Å²) in [5.41, 5.74) is 1.02. The summed E-state index contributed by atoms with van der Waals surface area (Å²) in [6.07, 6.45) is 0. The fourth-order valence-electron chi connectivity index (χ4n) is 1.84. The molecule has 3 rings (SSSR count). The van der Waals surface area contributed by atoms with Crippen molar-refractivity contribution in [3.8, 4) is 9.88 Å². The van der Waals surface area contributed by atoms with E-state index in [1.165, 1.54) is 23.5 Å². The van der Waals surface area contributed by atoms with Crippen LogP contribution in [0.4, 0.5) is 4.39 Å². The lowest BCUT2D eigenvalue weighted by Crippen LogP contribution is -2.23. The maximum Gasteiger partial charge on any atom is 0.253 e. The number of halogens is 2. The van der Waals surface area contributed by atoms with Gasteiger partial charge in [0.2, 0.25) is 0 Å². The maximum absolute atomic E-state index is 13.0. The van der Waals surface area contributed by atoms with Gasteiger partial charge in [-0.2, -0.15) is 0 Å². The average Bonchev–Trinajstić information content (AvgIpc) is 3.16. The molecule has 112 valence electrons. The minimum absolute atomic E-state index is 0.0926. The molecule has 0 saturated carbocycles. The number of rotatable bonds is 4. The standard InChI is InChI=1S/C15H10ClFN2OS2/c16-12-6-9(17)3-4-11(12)14(20)18-7-10-8-22-15(19-10)13-2-1-5-21-13/h1-6,8H,7H2,(H,18,20). The molecule has 3 aromatic rings.